The van der Waals surface area contributed by atoms with E-state index >= 15 is 0 Å². The zero-order chi connectivity index (χ0) is 15.1. The third-order valence-corrected chi connectivity index (χ3v) is 5.83. The van der Waals surface area contributed by atoms with Crippen molar-refractivity contribution >= 4 is 0 Å². The Labute approximate surface area is 133 Å². The zero-order valence-corrected chi connectivity index (χ0v) is 14.7. The molecule has 1 N–H and O–H groups in total. The number of nitrogens with one attached hydrogen (secondary N) is 1. The van der Waals surface area contributed by atoms with Crippen molar-refractivity contribution in [3.05, 3.63) is 0 Å². The van der Waals surface area contributed by atoms with Crippen LogP contribution in [0.1, 0.15) is 78.6 Å². The van der Waals surface area contributed by atoms with E-state index in [1.165, 1.54) is 77.4 Å². The first-order valence-electron chi connectivity index (χ1n) is 9.71. The Kier molecular flexibility index (Phi) is 7.53. The summed E-state index contributed by atoms with van der Waals surface area (Å²) in [6, 6.07) is 1.51. The van der Waals surface area contributed by atoms with Gasteiger partial charge < -0.3 is 10.2 Å². The Hall–Kier alpha value is -0.0800. The average Bonchev–Trinajstić information content (AvgIpc) is 2.50. The molecule has 1 aliphatic heterocycles. The molecule has 0 radical (unpaired) electrons. The lowest BCUT2D eigenvalue weighted by Crippen LogP contribution is -2.48. The van der Waals surface area contributed by atoms with E-state index in [4.69, 9.17) is 0 Å². The van der Waals surface area contributed by atoms with Crippen molar-refractivity contribution in [3.8, 4) is 0 Å². The van der Waals surface area contributed by atoms with E-state index in [1.54, 1.807) is 0 Å². The molecule has 21 heavy (non-hydrogen) atoms. The molecule has 2 rings (SSSR count). The van der Waals surface area contributed by atoms with Crippen LogP contribution in [0, 0.1) is 11.8 Å². The summed E-state index contributed by atoms with van der Waals surface area (Å²) in [4.78, 5) is 2.69. The molecule has 2 fully saturated rings. The van der Waals surface area contributed by atoms with Crippen molar-refractivity contribution in [2.75, 3.05) is 19.6 Å². The molecule has 0 spiro atoms. The molecule has 0 aromatic rings. The molecule has 0 aromatic heterocycles. The van der Waals surface area contributed by atoms with Crippen LogP contribution in [0.25, 0.3) is 0 Å². The summed E-state index contributed by atoms with van der Waals surface area (Å²) in [5.74, 6) is 1.90. The number of piperidine rings is 1. The Morgan fingerprint density at radius 1 is 1.05 bits per heavy atom. The second kappa shape index (κ2) is 9.15. The van der Waals surface area contributed by atoms with Crippen LogP contribution in [0.4, 0.5) is 0 Å². The van der Waals surface area contributed by atoms with E-state index in [2.05, 4.69) is 31.0 Å². The zero-order valence-electron chi connectivity index (χ0n) is 14.7. The molecule has 2 heteroatoms. The summed E-state index contributed by atoms with van der Waals surface area (Å²) in [6.07, 6.45) is 12.7. The van der Waals surface area contributed by atoms with Gasteiger partial charge in [-0.1, -0.05) is 26.7 Å². The van der Waals surface area contributed by atoms with Crippen molar-refractivity contribution in [2.45, 2.75) is 90.6 Å². The molecule has 2 unspecified atom stereocenters. The highest BCUT2D eigenvalue weighted by atomic mass is 15.1. The summed E-state index contributed by atoms with van der Waals surface area (Å²) >= 11 is 0. The first kappa shape index (κ1) is 17.3. The lowest BCUT2D eigenvalue weighted by atomic mass is 9.82. The highest BCUT2D eigenvalue weighted by Crippen LogP contribution is 2.29. The lowest BCUT2D eigenvalue weighted by molar-refractivity contribution is 0.140. The van der Waals surface area contributed by atoms with E-state index in [9.17, 15) is 0 Å². The maximum absolute atomic E-state index is 3.99. The summed E-state index contributed by atoms with van der Waals surface area (Å²) < 4.78 is 0. The molecular weight excluding hydrogens is 256 g/mol. The van der Waals surface area contributed by atoms with Gasteiger partial charge in [-0.25, -0.2) is 0 Å². The quantitative estimate of drug-likeness (QED) is 0.746. The van der Waals surface area contributed by atoms with Gasteiger partial charge in [0.15, 0.2) is 0 Å². The predicted octanol–water partition coefficient (Wildman–Crippen LogP) is 4.45. The van der Waals surface area contributed by atoms with Crippen LogP contribution in [0.5, 0.6) is 0 Å². The molecular formula is C19H38N2. The SMILES string of the molecule is CCCC1CCC(NC(C)C2CCCN(CCC)C2)CC1. The van der Waals surface area contributed by atoms with Gasteiger partial charge >= 0.3 is 0 Å². The molecule has 0 aromatic carbocycles. The second-order valence-corrected chi connectivity index (χ2v) is 7.66. The largest absolute Gasteiger partial charge is 0.311 e. The Morgan fingerprint density at radius 3 is 2.48 bits per heavy atom. The van der Waals surface area contributed by atoms with Gasteiger partial charge in [-0.05, 0) is 76.8 Å². The minimum Gasteiger partial charge on any atom is -0.311 e. The van der Waals surface area contributed by atoms with Crippen molar-refractivity contribution in [2.24, 2.45) is 11.8 Å². The van der Waals surface area contributed by atoms with Crippen LogP contribution in [-0.2, 0) is 0 Å². The van der Waals surface area contributed by atoms with E-state index in [0.717, 1.165) is 17.9 Å². The van der Waals surface area contributed by atoms with Crippen molar-refractivity contribution in [1.29, 1.82) is 0 Å². The van der Waals surface area contributed by atoms with Crippen LogP contribution in [0.3, 0.4) is 0 Å². The monoisotopic (exact) mass is 294 g/mol. The molecule has 1 aliphatic carbocycles. The number of rotatable bonds is 7. The van der Waals surface area contributed by atoms with Crippen LogP contribution in [-0.4, -0.2) is 36.6 Å². The van der Waals surface area contributed by atoms with Crippen molar-refractivity contribution in [3.63, 3.8) is 0 Å². The highest BCUT2D eigenvalue weighted by Gasteiger charge is 2.27. The maximum Gasteiger partial charge on any atom is 0.00818 e. The average molecular weight is 295 g/mol. The Bertz CT molecular complexity index is 269. The minimum absolute atomic E-state index is 0.706. The summed E-state index contributed by atoms with van der Waals surface area (Å²) in [7, 11) is 0. The normalized spacial score (nSPS) is 33.0. The van der Waals surface area contributed by atoms with Gasteiger partial charge in [0.25, 0.3) is 0 Å². The van der Waals surface area contributed by atoms with E-state index < -0.39 is 0 Å². The van der Waals surface area contributed by atoms with Gasteiger partial charge in [0.05, 0.1) is 0 Å². The van der Waals surface area contributed by atoms with Gasteiger partial charge in [0.2, 0.25) is 0 Å². The number of hydrogen-bond donors (Lipinski definition) is 1. The fourth-order valence-electron chi connectivity index (χ4n) is 4.55. The molecule has 2 atom stereocenters. The smallest absolute Gasteiger partial charge is 0.00818 e. The first-order valence-corrected chi connectivity index (χ1v) is 9.71. The standard InChI is InChI=1S/C19H38N2/c1-4-7-17-9-11-19(12-10-17)20-16(3)18-8-6-14-21(15-18)13-5-2/h16-20H,4-15H2,1-3H3. The number of nitrogens with zero attached hydrogens (tertiary/aromatic N) is 1. The topological polar surface area (TPSA) is 15.3 Å². The Morgan fingerprint density at radius 2 is 1.81 bits per heavy atom. The van der Waals surface area contributed by atoms with Gasteiger partial charge in [-0.15, -0.1) is 0 Å². The molecule has 1 saturated carbocycles. The third kappa shape index (κ3) is 5.56. The fraction of sp³-hybridized carbons (Fsp3) is 1.00. The third-order valence-electron chi connectivity index (χ3n) is 5.83. The van der Waals surface area contributed by atoms with E-state index in [-0.39, 0.29) is 0 Å². The van der Waals surface area contributed by atoms with Crippen molar-refractivity contribution < 1.29 is 0 Å². The molecule has 2 aliphatic rings. The summed E-state index contributed by atoms with van der Waals surface area (Å²) in [5, 5.41) is 3.99. The van der Waals surface area contributed by atoms with Gasteiger partial charge in [-0.3, -0.25) is 0 Å². The molecule has 124 valence electrons. The molecule has 0 amide bonds. The number of hydrogen-bond acceptors (Lipinski definition) is 2. The van der Waals surface area contributed by atoms with E-state index in [1.807, 2.05) is 0 Å². The number of likely N-dealkylation sites (tertiary alicyclic amines) is 1. The fourth-order valence-corrected chi connectivity index (χ4v) is 4.55. The van der Waals surface area contributed by atoms with Crippen LogP contribution < -0.4 is 5.32 Å². The molecule has 2 nitrogen and oxygen atoms in total. The predicted molar refractivity (Wildman–Crippen MR) is 92.7 cm³/mol. The van der Waals surface area contributed by atoms with E-state index in [0.29, 0.717) is 6.04 Å². The first-order chi connectivity index (χ1) is 10.2. The second-order valence-electron chi connectivity index (χ2n) is 7.66. The molecule has 1 saturated heterocycles. The van der Waals surface area contributed by atoms with Crippen molar-refractivity contribution in [1.82, 2.24) is 10.2 Å². The highest BCUT2D eigenvalue weighted by molar-refractivity contribution is 4.85. The summed E-state index contributed by atoms with van der Waals surface area (Å²) in [6.45, 7) is 11.0. The Balaban J connectivity index is 1.70. The van der Waals surface area contributed by atoms with Gasteiger partial charge in [-0.2, -0.15) is 0 Å². The molecule has 0 bridgehead atoms. The minimum atomic E-state index is 0.706. The van der Waals surface area contributed by atoms with Gasteiger partial charge in [0, 0.05) is 18.6 Å². The van der Waals surface area contributed by atoms with Gasteiger partial charge in [0.1, 0.15) is 0 Å². The van der Waals surface area contributed by atoms with Crippen LogP contribution in [0.15, 0.2) is 0 Å². The van der Waals surface area contributed by atoms with Crippen LogP contribution in [0.2, 0.25) is 0 Å². The lowest BCUT2D eigenvalue weighted by Gasteiger charge is -2.38. The summed E-state index contributed by atoms with van der Waals surface area (Å²) in [5.41, 5.74) is 0. The maximum atomic E-state index is 3.99. The molecule has 1 heterocycles. The van der Waals surface area contributed by atoms with Crippen LogP contribution >= 0.6 is 0 Å².